The third-order valence-electron chi connectivity index (χ3n) is 2.91. The molecule has 5 nitrogen and oxygen atoms in total. The molecule has 0 radical (unpaired) electrons. The lowest BCUT2D eigenvalue weighted by Gasteiger charge is -2.26. The number of carbonyl (C=O) groups is 1. The van der Waals surface area contributed by atoms with Crippen LogP contribution in [0.15, 0.2) is 18.7 Å². The van der Waals surface area contributed by atoms with E-state index >= 15 is 0 Å². The Labute approximate surface area is 172 Å². The molecule has 0 spiro atoms. The van der Waals surface area contributed by atoms with Crippen molar-refractivity contribution in [2.75, 3.05) is 0 Å². The molecule has 26 heavy (non-hydrogen) atoms. The Balaban J connectivity index is 3.39. The van der Waals surface area contributed by atoms with Crippen molar-refractivity contribution in [3.8, 4) is 0 Å². The van der Waals surface area contributed by atoms with E-state index in [1.54, 1.807) is 52.1 Å². The zero-order valence-corrected chi connectivity index (χ0v) is 17.7. The van der Waals surface area contributed by atoms with E-state index in [4.69, 9.17) is 4.55 Å². The summed E-state index contributed by atoms with van der Waals surface area (Å²) in [5.74, 6) is -1.82. The van der Waals surface area contributed by atoms with Gasteiger partial charge in [0.15, 0.2) is 0 Å². The van der Waals surface area contributed by atoms with Crippen LogP contribution >= 0.6 is 45.2 Å². The third-order valence-corrected chi connectivity index (χ3v) is 5.51. The van der Waals surface area contributed by atoms with E-state index in [0.29, 0.717) is 11.1 Å². The van der Waals surface area contributed by atoms with Crippen LogP contribution in [0.5, 0.6) is 0 Å². The number of benzene rings is 1. The molecule has 1 rings (SSSR count). The zero-order valence-electron chi connectivity index (χ0n) is 12.6. The monoisotopic (exact) mass is 626 g/mol. The Morgan fingerprint density at radius 3 is 1.92 bits per heavy atom. The first-order valence-corrected chi connectivity index (χ1v) is 9.87. The molecule has 1 aromatic carbocycles. The highest BCUT2D eigenvalue weighted by Gasteiger charge is 2.66. The highest BCUT2D eigenvalue weighted by molar-refractivity contribution is 14.1. The van der Waals surface area contributed by atoms with Crippen molar-refractivity contribution in [3.63, 3.8) is 0 Å². The fourth-order valence-corrected chi connectivity index (χ4v) is 4.30. The Morgan fingerprint density at radius 2 is 1.62 bits per heavy atom. The van der Waals surface area contributed by atoms with Gasteiger partial charge in [-0.05, 0) is 69.8 Å². The van der Waals surface area contributed by atoms with E-state index in [2.05, 4.69) is 11.3 Å². The Bertz CT molecular complexity index is 828. The minimum Gasteiger partial charge on any atom is -0.441 e. The van der Waals surface area contributed by atoms with Crippen molar-refractivity contribution in [2.45, 2.75) is 24.5 Å². The first-order chi connectivity index (χ1) is 11.5. The maximum absolute atomic E-state index is 13.5. The molecule has 1 aromatic rings. The van der Waals surface area contributed by atoms with Gasteiger partial charge in [0.1, 0.15) is 0 Å². The molecule has 0 aliphatic heterocycles. The molecule has 0 heterocycles. The highest BCUT2D eigenvalue weighted by Crippen LogP contribution is 2.39. The van der Waals surface area contributed by atoms with Crippen LogP contribution in [0.2, 0.25) is 0 Å². The average Bonchev–Trinajstić information content (AvgIpc) is 2.41. The lowest BCUT2D eigenvalue weighted by Crippen LogP contribution is -2.52. The Hall–Kier alpha value is -0.550. The van der Waals surface area contributed by atoms with Gasteiger partial charge in [0.2, 0.25) is 0 Å². The van der Waals surface area contributed by atoms with Crippen LogP contribution in [-0.2, 0) is 14.9 Å². The normalized spacial score (nSPS) is 14.0. The van der Waals surface area contributed by atoms with Crippen molar-refractivity contribution in [2.24, 2.45) is 0 Å². The SMILES string of the molecule is C=C(C)c1cc(I)c(C(=O)OC(C(F)(F)F)C(F)(F)S(=O)(=O)O)c(I)c1. The molecule has 13 heteroatoms. The molecule has 0 aliphatic carbocycles. The van der Waals surface area contributed by atoms with Crippen LogP contribution in [0.25, 0.3) is 5.57 Å². The summed E-state index contributed by atoms with van der Waals surface area (Å²) in [6, 6.07) is 2.73. The minimum atomic E-state index is -6.50. The second-order valence-electron chi connectivity index (χ2n) is 4.96. The molecule has 0 fully saturated rings. The van der Waals surface area contributed by atoms with Crippen molar-refractivity contribution in [1.82, 2.24) is 0 Å². The van der Waals surface area contributed by atoms with E-state index in [9.17, 15) is 35.2 Å². The summed E-state index contributed by atoms with van der Waals surface area (Å²) in [6.07, 6.45) is -10.3. The topological polar surface area (TPSA) is 80.7 Å². The largest absolute Gasteiger partial charge is 0.441 e. The van der Waals surface area contributed by atoms with Crippen molar-refractivity contribution in [1.29, 1.82) is 0 Å². The average molecular weight is 626 g/mol. The number of allylic oxidation sites excluding steroid dienone is 1. The third kappa shape index (κ3) is 5.03. The molecule has 146 valence electrons. The fraction of sp³-hybridized carbons (Fsp3) is 0.308. The quantitative estimate of drug-likeness (QED) is 0.226. The summed E-state index contributed by atoms with van der Waals surface area (Å²) in [6.45, 7) is 5.29. The first-order valence-electron chi connectivity index (χ1n) is 6.27. The van der Waals surface area contributed by atoms with Crippen LogP contribution in [0.3, 0.4) is 0 Å². The Morgan fingerprint density at radius 1 is 1.19 bits per heavy atom. The molecule has 1 unspecified atom stereocenters. The van der Waals surface area contributed by atoms with Gasteiger partial charge in [-0.15, -0.1) is 0 Å². The van der Waals surface area contributed by atoms with Crippen LogP contribution in [0.4, 0.5) is 22.0 Å². The van der Waals surface area contributed by atoms with Gasteiger partial charge in [-0.2, -0.15) is 30.4 Å². The summed E-state index contributed by atoms with van der Waals surface area (Å²) in [5, 5.41) is -5.78. The first kappa shape index (κ1) is 23.5. The number of halogens is 7. The van der Waals surface area contributed by atoms with Crippen LogP contribution in [-0.4, -0.2) is 36.5 Å². The number of esters is 1. The second kappa shape index (κ2) is 7.83. The van der Waals surface area contributed by atoms with Crippen molar-refractivity contribution < 1.29 is 44.5 Å². The van der Waals surface area contributed by atoms with Gasteiger partial charge in [-0.1, -0.05) is 12.2 Å². The smallest absolute Gasteiger partial charge is 0.432 e. The molecular formula is C13H9F5I2O5S. The standard InChI is InChI=1S/C13H9F5I2O5S/c1-5(2)6-3-7(19)9(8(20)4-6)10(21)25-11(12(14,15)16)13(17,18)26(22,23)24/h3-4,11H,1H2,2H3,(H,22,23,24). The van der Waals surface area contributed by atoms with Gasteiger partial charge >= 0.3 is 27.5 Å². The fourth-order valence-electron chi connectivity index (χ4n) is 1.64. The molecule has 1 N–H and O–H groups in total. The maximum Gasteiger partial charge on any atom is 0.432 e. The molecule has 0 bridgehead atoms. The predicted molar refractivity (Wildman–Crippen MR) is 98.3 cm³/mol. The van der Waals surface area contributed by atoms with Gasteiger partial charge in [0.25, 0.3) is 6.10 Å². The lowest BCUT2D eigenvalue weighted by atomic mass is 10.1. The van der Waals surface area contributed by atoms with Crippen molar-refractivity contribution >= 4 is 66.8 Å². The summed E-state index contributed by atoms with van der Waals surface area (Å²) >= 11 is 3.16. The second-order valence-corrected chi connectivity index (χ2v) is 8.78. The molecule has 0 amide bonds. The summed E-state index contributed by atoms with van der Waals surface area (Å²) in [5.41, 5.74) is 0.661. The minimum absolute atomic E-state index is 0.0774. The molecule has 0 aliphatic rings. The summed E-state index contributed by atoms with van der Waals surface area (Å²) in [4.78, 5) is 12.0. The molecule has 0 saturated carbocycles. The number of alkyl halides is 5. The van der Waals surface area contributed by atoms with Gasteiger partial charge in [-0.3, -0.25) is 4.55 Å². The number of carbonyl (C=O) groups excluding carboxylic acids is 1. The van der Waals surface area contributed by atoms with Crippen LogP contribution in [0.1, 0.15) is 22.8 Å². The van der Waals surface area contributed by atoms with Gasteiger partial charge < -0.3 is 4.74 Å². The van der Waals surface area contributed by atoms with E-state index in [0.717, 1.165) is 0 Å². The van der Waals surface area contributed by atoms with E-state index in [-0.39, 0.29) is 7.14 Å². The van der Waals surface area contributed by atoms with Gasteiger partial charge in [0.05, 0.1) is 5.56 Å². The van der Waals surface area contributed by atoms with E-state index < -0.39 is 39.2 Å². The number of hydrogen-bond donors (Lipinski definition) is 1. The maximum atomic E-state index is 13.5. The van der Waals surface area contributed by atoms with Gasteiger partial charge in [0, 0.05) is 7.14 Å². The van der Waals surface area contributed by atoms with Gasteiger partial charge in [-0.25, -0.2) is 4.79 Å². The predicted octanol–water partition coefficient (Wildman–Crippen LogP) is 4.50. The van der Waals surface area contributed by atoms with E-state index in [1.165, 1.54) is 12.1 Å². The molecular weight excluding hydrogens is 617 g/mol. The van der Waals surface area contributed by atoms with E-state index in [1.807, 2.05) is 0 Å². The number of hydrogen-bond acceptors (Lipinski definition) is 4. The molecule has 1 atom stereocenters. The van der Waals surface area contributed by atoms with Crippen molar-refractivity contribution in [3.05, 3.63) is 37.0 Å². The summed E-state index contributed by atoms with van der Waals surface area (Å²) in [7, 11) is -6.50. The number of rotatable bonds is 5. The highest BCUT2D eigenvalue weighted by atomic mass is 127. The zero-order chi connectivity index (χ0) is 20.7. The van der Waals surface area contributed by atoms with Crippen LogP contribution in [0, 0.1) is 7.14 Å². The number of ether oxygens (including phenoxy) is 1. The lowest BCUT2D eigenvalue weighted by molar-refractivity contribution is -0.248. The molecule has 0 saturated heterocycles. The summed E-state index contributed by atoms with van der Waals surface area (Å²) < 4.78 is 99.1. The van der Waals surface area contributed by atoms with Crippen LogP contribution < -0.4 is 0 Å². The molecule has 0 aromatic heterocycles. The Kier molecular flexibility index (Phi) is 7.07.